The van der Waals surface area contributed by atoms with Gasteiger partial charge in [0, 0.05) is 28.9 Å². The first-order valence-corrected chi connectivity index (χ1v) is 8.52. The summed E-state index contributed by atoms with van der Waals surface area (Å²) in [6.07, 6.45) is 6.99. The maximum Gasteiger partial charge on any atom is 0.255 e. The number of carbonyl (C=O) groups excluding carboxylic acids is 1. The number of hydrogen-bond donors (Lipinski definition) is 1. The standard InChI is InChI=1S/C23H20N2O2/c1-3-7-17(4-2)16-27-21-10-5-9-20(15-21)25-23(26)19-11-12-22-18(14-19)8-6-13-24-22/h3-15H,1-2,16H2,(H,25,26)/b17-7+. The smallest absolute Gasteiger partial charge is 0.255 e. The Morgan fingerprint density at radius 3 is 2.81 bits per heavy atom. The fourth-order valence-electron chi connectivity index (χ4n) is 2.58. The van der Waals surface area contributed by atoms with E-state index >= 15 is 0 Å². The predicted octanol–water partition coefficient (Wildman–Crippen LogP) is 5.16. The molecule has 134 valence electrons. The van der Waals surface area contributed by atoms with E-state index in [1.165, 1.54) is 0 Å². The summed E-state index contributed by atoms with van der Waals surface area (Å²) in [7, 11) is 0. The van der Waals surface area contributed by atoms with E-state index in [0.717, 1.165) is 16.5 Å². The molecule has 1 aromatic heterocycles. The number of benzene rings is 2. The average Bonchev–Trinajstić information content (AvgIpc) is 2.71. The third-order valence-electron chi connectivity index (χ3n) is 3.96. The highest BCUT2D eigenvalue weighted by Crippen LogP contribution is 2.20. The lowest BCUT2D eigenvalue weighted by atomic mass is 10.1. The van der Waals surface area contributed by atoms with E-state index in [-0.39, 0.29) is 5.91 Å². The van der Waals surface area contributed by atoms with E-state index in [2.05, 4.69) is 23.5 Å². The molecule has 3 aromatic rings. The van der Waals surface area contributed by atoms with E-state index in [9.17, 15) is 4.79 Å². The molecule has 1 N–H and O–H groups in total. The Kier molecular flexibility index (Phi) is 5.80. The van der Waals surface area contributed by atoms with Crippen LogP contribution in [0, 0.1) is 0 Å². The summed E-state index contributed by atoms with van der Waals surface area (Å²) in [5, 5.41) is 3.82. The second kappa shape index (κ2) is 8.63. The molecule has 0 bridgehead atoms. The van der Waals surface area contributed by atoms with Gasteiger partial charge in [0.05, 0.1) is 5.52 Å². The third-order valence-corrected chi connectivity index (χ3v) is 3.96. The number of aromatic nitrogens is 1. The quantitative estimate of drug-likeness (QED) is 0.595. The molecule has 0 aliphatic rings. The molecule has 0 aliphatic heterocycles. The summed E-state index contributed by atoms with van der Waals surface area (Å²) in [5.41, 5.74) is 3.01. The fourth-order valence-corrected chi connectivity index (χ4v) is 2.58. The number of nitrogens with zero attached hydrogens (tertiary/aromatic N) is 1. The van der Waals surface area contributed by atoms with Gasteiger partial charge in [0.2, 0.25) is 0 Å². The summed E-state index contributed by atoms with van der Waals surface area (Å²) < 4.78 is 5.75. The molecule has 1 amide bonds. The zero-order valence-corrected chi connectivity index (χ0v) is 14.9. The minimum Gasteiger partial charge on any atom is -0.489 e. The number of carbonyl (C=O) groups is 1. The van der Waals surface area contributed by atoms with Crippen LogP contribution in [-0.4, -0.2) is 17.5 Å². The minimum absolute atomic E-state index is 0.184. The summed E-state index contributed by atoms with van der Waals surface area (Å²) in [5.74, 6) is 0.476. The Labute approximate surface area is 158 Å². The molecule has 2 aromatic carbocycles. The maximum absolute atomic E-state index is 12.6. The first-order chi connectivity index (χ1) is 13.2. The van der Waals surface area contributed by atoms with Crippen molar-refractivity contribution in [2.45, 2.75) is 0 Å². The highest BCUT2D eigenvalue weighted by atomic mass is 16.5. The first-order valence-electron chi connectivity index (χ1n) is 8.52. The first kappa shape index (κ1) is 18.1. The number of pyridine rings is 1. The van der Waals surface area contributed by atoms with Crippen LogP contribution in [0.25, 0.3) is 10.9 Å². The molecule has 3 rings (SSSR count). The summed E-state index contributed by atoms with van der Waals surface area (Å²) in [6, 6.07) is 16.5. The second-order valence-electron chi connectivity index (χ2n) is 5.86. The zero-order chi connectivity index (χ0) is 19.1. The molecule has 4 nitrogen and oxygen atoms in total. The molecule has 27 heavy (non-hydrogen) atoms. The van der Waals surface area contributed by atoms with E-state index in [4.69, 9.17) is 4.74 Å². The molecular weight excluding hydrogens is 336 g/mol. The second-order valence-corrected chi connectivity index (χ2v) is 5.86. The van der Waals surface area contributed by atoms with Gasteiger partial charge in [-0.15, -0.1) is 0 Å². The van der Waals surface area contributed by atoms with Crippen molar-refractivity contribution >= 4 is 22.5 Å². The molecule has 0 atom stereocenters. The molecule has 0 fully saturated rings. The Morgan fingerprint density at radius 1 is 1.11 bits per heavy atom. The Balaban J connectivity index is 1.71. The van der Waals surface area contributed by atoms with Gasteiger partial charge < -0.3 is 10.1 Å². The third kappa shape index (κ3) is 4.70. The van der Waals surface area contributed by atoms with Gasteiger partial charge >= 0.3 is 0 Å². The van der Waals surface area contributed by atoms with Gasteiger partial charge in [-0.1, -0.05) is 43.5 Å². The summed E-state index contributed by atoms with van der Waals surface area (Å²) in [4.78, 5) is 16.8. The van der Waals surface area contributed by atoms with E-state index < -0.39 is 0 Å². The van der Waals surface area contributed by atoms with Crippen LogP contribution in [-0.2, 0) is 0 Å². The number of allylic oxidation sites excluding steroid dienone is 2. The molecule has 0 aliphatic carbocycles. The summed E-state index contributed by atoms with van der Waals surface area (Å²) >= 11 is 0. The highest BCUT2D eigenvalue weighted by Gasteiger charge is 2.08. The van der Waals surface area contributed by atoms with Gasteiger partial charge in [0.15, 0.2) is 0 Å². The zero-order valence-electron chi connectivity index (χ0n) is 14.9. The van der Waals surface area contributed by atoms with Crippen molar-refractivity contribution in [2.75, 3.05) is 11.9 Å². The largest absolute Gasteiger partial charge is 0.489 e. The van der Waals surface area contributed by atoms with Gasteiger partial charge in [-0.05, 0) is 42.0 Å². The SMILES string of the molecule is C=C/C=C(\C=C)COc1cccc(NC(=O)c2ccc3ncccc3c2)c1. The van der Waals surface area contributed by atoms with Crippen LogP contribution in [0.5, 0.6) is 5.75 Å². The lowest BCUT2D eigenvalue weighted by molar-refractivity contribution is 0.102. The molecular formula is C23H20N2O2. The van der Waals surface area contributed by atoms with Gasteiger partial charge in [-0.25, -0.2) is 0 Å². The number of ether oxygens (including phenoxy) is 1. The van der Waals surface area contributed by atoms with Crippen LogP contribution in [0.4, 0.5) is 5.69 Å². The predicted molar refractivity (Wildman–Crippen MR) is 110 cm³/mol. The van der Waals surface area contributed by atoms with Crippen molar-refractivity contribution in [1.82, 2.24) is 4.98 Å². The molecule has 0 saturated carbocycles. The van der Waals surface area contributed by atoms with Crippen molar-refractivity contribution < 1.29 is 9.53 Å². The highest BCUT2D eigenvalue weighted by molar-refractivity contribution is 6.06. The molecule has 0 spiro atoms. The topological polar surface area (TPSA) is 51.2 Å². The molecule has 0 unspecified atom stereocenters. The van der Waals surface area contributed by atoms with Gasteiger partial charge in [-0.2, -0.15) is 0 Å². The van der Waals surface area contributed by atoms with Crippen molar-refractivity contribution in [3.63, 3.8) is 0 Å². The molecule has 1 heterocycles. The van der Waals surface area contributed by atoms with Crippen LogP contribution in [0.15, 0.2) is 97.8 Å². The van der Waals surface area contributed by atoms with Gasteiger partial charge in [-0.3, -0.25) is 9.78 Å². The number of nitrogens with one attached hydrogen (secondary N) is 1. The van der Waals surface area contributed by atoms with Crippen LogP contribution < -0.4 is 10.1 Å². The molecule has 0 saturated heterocycles. The van der Waals surface area contributed by atoms with Crippen molar-refractivity contribution in [2.24, 2.45) is 0 Å². The van der Waals surface area contributed by atoms with E-state index in [0.29, 0.717) is 23.6 Å². The Bertz CT molecular complexity index is 1020. The monoisotopic (exact) mass is 356 g/mol. The van der Waals surface area contributed by atoms with E-state index in [1.807, 2.05) is 48.5 Å². The normalized spacial score (nSPS) is 11.0. The maximum atomic E-state index is 12.6. The fraction of sp³-hybridized carbons (Fsp3) is 0.0435. The van der Waals surface area contributed by atoms with Gasteiger partial charge in [0.1, 0.15) is 12.4 Å². The van der Waals surface area contributed by atoms with Crippen molar-refractivity contribution in [3.05, 3.63) is 103 Å². The number of fused-ring (bicyclic) bond motifs is 1. The Morgan fingerprint density at radius 2 is 2.00 bits per heavy atom. The number of hydrogen-bond acceptors (Lipinski definition) is 3. The number of amides is 1. The van der Waals surface area contributed by atoms with Crippen LogP contribution in [0.3, 0.4) is 0 Å². The lowest BCUT2D eigenvalue weighted by Crippen LogP contribution is -2.12. The number of rotatable bonds is 7. The summed E-state index contributed by atoms with van der Waals surface area (Å²) in [6.45, 7) is 7.79. The van der Waals surface area contributed by atoms with E-state index in [1.54, 1.807) is 30.5 Å². The van der Waals surface area contributed by atoms with Crippen LogP contribution >= 0.6 is 0 Å². The van der Waals surface area contributed by atoms with Crippen LogP contribution in [0.2, 0.25) is 0 Å². The van der Waals surface area contributed by atoms with Crippen molar-refractivity contribution in [1.29, 1.82) is 0 Å². The van der Waals surface area contributed by atoms with Crippen LogP contribution in [0.1, 0.15) is 10.4 Å². The Hall–Kier alpha value is -3.66. The molecule has 0 radical (unpaired) electrons. The van der Waals surface area contributed by atoms with Gasteiger partial charge in [0.25, 0.3) is 5.91 Å². The minimum atomic E-state index is -0.184. The average molecular weight is 356 g/mol. The number of anilines is 1. The van der Waals surface area contributed by atoms with Crippen molar-refractivity contribution in [3.8, 4) is 5.75 Å². The lowest BCUT2D eigenvalue weighted by Gasteiger charge is -2.10. The molecule has 4 heteroatoms.